The molecule has 0 saturated carbocycles. The molecule has 2 saturated heterocycles. The van der Waals surface area contributed by atoms with Crippen LogP contribution in [0.1, 0.15) is 23.2 Å². The topological polar surface area (TPSA) is 77.3 Å². The minimum Gasteiger partial charge on any atom is -0.485 e. The highest BCUT2D eigenvalue weighted by Crippen LogP contribution is 2.39. The summed E-state index contributed by atoms with van der Waals surface area (Å²) in [6.45, 7) is 6.05. The second-order valence-corrected chi connectivity index (χ2v) is 6.73. The van der Waals surface area contributed by atoms with Crippen molar-refractivity contribution in [2.45, 2.75) is 18.9 Å². The SMILES string of the molecule is Nc1ccc(C(=O)N2CCC(N3CCOCC3)CC2)c2c1OCCO2. The molecule has 3 aliphatic rings. The van der Waals surface area contributed by atoms with Crippen molar-refractivity contribution in [1.82, 2.24) is 9.80 Å². The fourth-order valence-electron chi connectivity index (χ4n) is 3.87. The molecule has 4 rings (SSSR count). The summed E-state index contributed by atoms with van der Waals surface area (Å²) in [7, 11) is 0. The van der Waals surface area contributed by atoms with E-state index in [9.17, 15) is 4.79 Å². The third kappa shape index (κ3) is 3.26. The number of carbonyl (C=O) groups is 1. The lowest BCUT2D eigenvalue weighted by Crippen LogP contribution is -2.50. The minimum atomic E-state index is 0.00202. The first-order valence-electron chi connectivity index (χ1n) is 9.03. The van der Waals surface area contributed by atoms with Gasteiger partial charge in [0.2, 0.25) is 0 Å². The molecular weight excluding hydrogens is 322 g/mol. The van der Waals surface area contributed by atoms with Crippen LogP contribution in [0.2, 0.25) is 0 Å². The van der Waals surface area contributed by atoms with E-state index in [0.717, 1.165) is 52.2 Å². The van der Waals surface area contributed by atoms with Gasteiger partial charge in [0.15, 0.2) is 11.5 Å². The predicted octanol–water partition coefficient (Wildman–Crippen LogP) is 0.977. The molecule has 0 spiro atoms. The Morgan fingerprint density at radius 2 is 1.64 bits per heavy atom. The number of anilines is 1. The number of nitrogens with zero attached hydrogens (tertiary/aromatic N) is 2. The molecular formula is C18H25N3O4. The summed E-state index contributed by atoms with van der Waals surface area (Å²) >= 11 is 0. The highest BCUT2D eigenvalue weighted by molar-refractivity contribution is 5.99. The van der Waals surface area contributed by atoms with E-state index >= 15 is 0 Å². The van der Waals surface area contributed by atoms with Crippen LogP contribution in [0.4, 0.5) is 5.69 Å². The van der Waals surface area contributed by atoms with Crippen LogP contribution in [-0.4, -0.2) is 74.4 Å². The maximum absolute atomic E-state index is 13.0. The lowest BCUT2D eigenvalue weighted by Gasteiger charge is -2.40. The van der Waals surface area contributed by atoms with Crippen LogP contribution in [0, 0.1) is 0 Å². The van der Waals surface area contributed by atoms with Crippen LogP contribution in [0.15, 0.2) is 12.1 Å². The van der Waals surface area contributed by atoms with E-state index in [1.54, 1.807) is 12.1 Å². The molecule has 3 heterocycles. The van der Waals surface area contributed by atoms with Gasteiger partial charge >= 0.3 is 0 Å². The zero-order chi connectivity index (χ0) is 17.2. The molecule has 2 fully saturated rings. The Labute approximate surface area is 147 Å². The van der Waals surface area contributed by atoms with Crippen molar-refractivity contribution in [1.29, 1.82) is 0 Å². The second-order valence-electron chi connectivity index (χ2n) is 6.73. The molecule has 0 atom stereocenters. The summed E-state index contributed by atoms with van der Waals surface area (Å²) in [5.41, 5.74) is 7.01. The monoisotopic (exact) mass is 347 g/mol. The average Bonchev–Trinajstić information content (AvgIpc) is 2.69. The van der Waals surface area contributed by atoms with Gasteiger partial charge in [-0.25, -0.2) is 0 Å². The fraction of sp³-hybridized carbons (Fsp3) is 0.611. The molecule has 136 valence electrons. The summed E-state index contributed by atoms with van der Waals surface area (Å²) in [4.78, 5) is 17.4. The second kappa shape index (κ2) is 7.09. The van der Waals surface area contributed by atoms with Crippen LogP contribution in [-0.2, 0) is 4.74 Å². The van der Waals surface area contributed by atoms with Crippen molar-refractivity contribution >= 4 is 11.6 Å². The zero-order valence-electron chi connectivity index (χ0n) is 14.4. The average molecular weight is 347 g/mol. The van der Waals surface area contributed by atoms with Gasteiger partial charge in [-0.15, -0.1) is 0 Å². The first kappa shape index (κ1) is 16.5. The van der Waals surface area contributed by atoms with Crippen molar-refractivity contribution in [2.75, 3.05) is 58.3 Å². The number of nitrogen functional groups attached to an aromatic ring is 1. The molecule has 0 bridgehead atoms. The number of morpholine rings is 1. The van der Waals surface area contributed by atoms with Crippen molar-refractivity contribution in [3.8, 4) is 11.5 Å². The van der Waals surface area contributed by atoms with Gasteiger partial charge in [0.1, 0.15) is 13.2 Å². The largest absolute Gasteiger partial charge is 0.485 e. The number of rotatable bonds is 2. The Morgan fingerprint density at radius 3 is 2.36 bits per heavy atom. The highest BCUT2D eigenvalue weighted by atomic mass is 16.6. The predicted molar refractivity (Wildman–Crippen MR) is 93.2 cm³/mol. The van der Waals surface area contributed by atoms with Gasteiger partial charge in [0.25, 0.3) is 5.91 Å². The van der Waals surface area contributed by atoms with Gasteiger partial charge in [0.05, 0.1) is 24.5 Å². The molecule has 1 aromatic carbocycles. The van der Waals surface area contributed by atoms with Crippen molar-refractivity contribution in [2.24, 2.45) is 0 Å². The Morgan fingerprint density at radius 1 is 0.960 bits per heavy atom. The lowest BCUT2D eigenvalue weighted by molar-refractivity contribution is 0.00153. The third-order valence-electron chi connectivity index (χ3n) is 5.26. The van der Waals surface area contributed by atoms with Crippen molar-refractivity contribution < 1.29 is 19.0 Å². The number of piperidine rings is 1. The maximum atomic E-state index is 13.0. The van der Waals surface area contributed by atoms with E-state index in [2.05, 4.69) is 4.90 Å². The number of fused-ring (bicyclic) bond motifs is 1. The van der Waals surface area contributed by atoms with Crippen LogP contribution < -0.4 is 15.2 Å². The first-order valence-corrected chi connectivity index (χ1v) is 9.03. The molecule has 25 heavy (non-hydrogen) atoms. The summed E-state index contributed by atoms with van der Waals surface area (Å²) < 4.78 is 16.7. The minimum absolute atomic E-state index is 0.00202. The quantitative estimate of drug-likeness (QED) is 0.804. The number of amides is 1. The van der Waals surface area contributed by atoms with Gasteiger partial charge in [-0.2, -0.15) is 0 Å². The number of benzene rings is 1. The van der Waals surface area contributed by atoms with E-state index < -0.39 is 0 Å². The number of ether oxygens (including phenoxy) is 3. The van der Waals surface area contributed by atoms with Crippen molar-refractivity contribution in [3.63, 3.8) is 0 Å². The molecule has 2 N–H and O–H groups in total. The molecule has 0 aromatic heterocycles. The Bertz CT molecular complexity index is 637. The van der Waals surface area contributed by atoms with Crippen LogP contribution in [0.3, 0.4) is 0 Å². The lowest BCUT2D eigenvalue weighted by atomic mass is 10.0. The number of hydrogen-bond donors (Lipinski definition) is 1. The van der Waals surface area contributed by atoms with E-state index in [1.807, 2.05) is 4.90 Å². The maximum Gasteiger partial charge on any atom is 0.257 e. The van der Waals surface area contributed by atoms with E-state index in [-0.39, 0.29) is 5.91 Å². The number of likely N-dealkylation sites (tertiary alicyclic amines) is 1. The Balaban J connectivity index is 1.44. The van der Waals surface area contributed by atoms with Crippen LogP contribution in [0.25, 0.3) is 0 Å². The fourth-order valence-corrected chi connectivity index (χ4v) is 3.87. The van der Waals surface area contributed by atoms with Crippen molar-refractivity contribution in [3.05, 3.63) is 17.7 Å². The van der Waals surface area contributed by atoms with E-state index in [4.69, 9.17) is 19.9 Å². The Kier molecular flexibility index (Phi) is 4.67. The number of nitrogens with two attached hydrogens (primary N) is 1. The molecule has 0 radical (unpaired) electrons. The van der Waals surface area contributed by atoms with Gasteiger partial charge in [0, 0.05) is 32.2 Å². The molecule has 1 amide bonds. The number of carbonyl (C=O) groups excluding carboxylic acids is 1. The van der Waals surface area contributed by atoms with Crippen LogP contribution in [0.5, 0.6) is 11.5 Å². The molecule has 7 heteroatoms. The molecule has 7 nitrogen and oxygen atoms in total. The highest BCUT2D eigenvalue weighted by Gasteiger charge is 2.31. The zero-order valence-corrected chi connectivity index (χ0v) is 14.4. The molecule has 0 aliphatic carbocycles. The summed E-state index contributed by atoms with van der Waals surface area (Å²) in [6.07, 6.45) is 2.00. The van der Waals surface area contributed by atoms with E-state index in [1.165, 1.54) is 0 Å². The normalized spacial score (nSPS) is 22.0. The summed E-state index contributed by atoms with van der Waals surface area (Å²) in [6, 6.07) is 4.02. The molecule has 1 aromatic rings. The van der Waals surface area contributed by atoms with Gasteiger partial charge in [-0.3, -0.25) is 9.69 Å². The molecule has 0 unspecified atom stereocenters. The van der Waals surface area contributed by atoms with Gasteiger partial charge in [-0.1, -0.05) is 0 Å². The van der Waals surface area contributed by atoms with E-state index in [0.29, 0.717) is 42.0 Å². The first-order chi connectivity index (χ1) is 12.2. The van der Waals surface area contributed by atoms with Crippen LogP contribution >= 0.6 is 0 Å². The number of hydrogen-bond acceptors (Lipinski definition) is 6. The summed E-state index contributed by atoms with van der Waals surface area (Å²) in [5, 5.41) is 0. The van der Waals surface area contributed by atoms with Gasteiger partial charge < -0.3 is 24.8 Å². The smallest absolute Gasteiger partial charge is 0.257 e. The standard InChI is InChI=1S/C18H25N3O4/c19-15-2-1-14(16-17(15)25-12-11-24-16)18(22)21-5-3-13(4-6-21)20-7-9-23-10-8-20/h1-2,13H,3-12,19H2. The molecule has 3 aliphatic heterocycles. The van der Waals surface area contributed by atoms with Gasteiger partial charge in [-0.05, 0) is 25.0 Å². The third-order valence-corrected chi connectivity index (χ3v) is 5.26. The summed E-state index contributed by atoms with van der Waals surface area (Å²) in [5.74, 6) is 0.994. The Hall–Kier alpha value is -1.99.